The van der Waals surface area contributed by atoms with Gasteiger partial charge in [-0.3, -0.25) is 0 Å². The average molecular weight is 155 g/mol. The van der Waals surface area contributed by atoms with Crippen molar-refractivity contribution in [2.45, 2.75) is 46.1 Å². The van der Waals surface area contributed by atoms with E-state index in [4.69, 9.17) is 0 Å². The number of rotatable bonds is 5. The number of hydrogen-bond donors (Lipinski definition) is 1. The first kappa shape index (κ1) is 9.05. The van der Waals surface area contributed by atoms with E-state index in [-0.39, 0.29) is 0 Å². The van der Waals surface area contributed by atoms with Crippen LogP contribution in [-0.4, -0.2) is 12.6 Å². The summed E-state index contributed by atoms with van der Waals surface area (Å²) in [5.74, 6) is 1.86. The molecule has 1 atom stereocenters. The quantitative estimate of drug-likeness (QED) is 0.643. The monoisotopic (exact) mass is 155 g/mol. The summed E-state index contributed by atoms with van der Waals surface area (Å²) < 4.78 is 0. The summed E-state index contributed by atoms with van der Waals surface area (Å²) in [7, 11) is 0. The van der Waals surface area contributed by atoms with Crippen molar-refractivity contribution < 1.29 is 0 Å². The molecule has 1 unspecified atom stereocenters. The lowest BCUT2D eigenvalue weighted by Crippen LogP contribution is -2.33. The number of hydrogen-bond acceptors (Lipinski definition) is 1. The van der Waals surface area contributed by atoms with E-state index in [9.17, 15) is 0 Å². The third-order valence-corrected chi connectivity index (χ3v) is 2.56. The van der Waals surface area contributed by atoms with Crippen LogP contribution in [0.3, 0.4) is 0 Å². The lowest BCUT2D eigenvalue weighted by atomic mass is 9.98. The molecule has 1 nitrogen and oxygen atoms in total. The Morgan fingerprint density at radius 2 is 2.00 bits per heavy atom. The van der Waals surface area contributed by atoms with Crippen LogP contribution in [0.2, 0.25) is 0 Å². The van der Waals surface area contributed by atoms with E-state index in [0.717, 1.165) is 24.4 Å². The van der Waals surface area contributed by atoms with Crippen molar-refractivity contribution in [2.75, 3.05) is 6.54 Å². The molecule has 1 aliphatic carbocycles. The van der Waals surface area contributed by atoms with Gasteiger partial charge in [0.2, 0.25) is 0 Å². The highest BCUT2D eigenvalue weighted by molar-refractivity contribution is 4.81. The minimum absolute atomic E-state index is 0.771. The molecule has 0 saturated heterocycles. The molecule has 0 aromatic carbocycles. The Kier molecular flexibility index (Phi) is 3.38. The zero-order chi connectivity index (χ0) is 8.27. The van der Waals surface area contributed by atoms with Crippen LogP contribution in [-0.2, 0) is 0 Å². The maximum atomic E-state index is 3.55. The highest BCUT2D eigenvalue weighted by Gasteiger charge is 2.26. The first-order valence-electron chi connectivity index (χ1n) is 4.97. The second kappa shape index (κ2) is 4.10. The van der Waals surface area contributed by atoms with E-state index in [0.29, 0.717) is 0 Å². The summed E-state index contributed by atoms with van der Waals surface area (Å²) in [6.45, 7) is 7.95. The van der Waals surface area contributed by atoms with Gasteiger partial charge in [-0.05, 0) is 24.8 Å². The maximum Gasteiger partial charge on any atom is 0.00925 e. The van der Waals surface area contributed by atoms with E-state index in [2.05, 4.69) is 26.1 Å². The molecule has 0 spiro atoms. The molecule has 1 aliphatic rings. The summed E-state index contributed by atoms with van der Waals surface area (Å²) in [6.07, 6.45) is 4.37. The van der Waals surface area contributed by atoms with Crippen molar-refractivity contribution >= 4 is 0 Å². The minimum atomic E-state index is 0.771. The summed E-state index contributed by atoms with van der Waals surface area (Å²) in [6, 6.07) is 0.771. The van der Waals surface area contributed by atoms with Crippen molar-refractivity contribution in [3.63, 3.8) is 0 Å². The highest BCUT2D eigenvalue weighted by Crippen LogP contribution is 2.34. The highest BCUT2D eigenvalue weighted by atomic mass is 14.9. The van der Waals surface area contributed by atoms with Gasteiger partial charge < -0.3 is 5.32 Å². The zero-order valence-electron chi connectivity index (χ0n) is 8.06. The number of nitrogens with one attached hydrogen (secondary N) is 1. The summed E-state index contributed by atoms with van der Waals surface area (Å²) >= 11 is 0. The van der Waals surface area contributed by atoms with Gasteiger partial charge in [0.25, 0.3) is 0 Å². The van der Waals surface area contributed by atoms with E-state index >= 15 is 0 Å². The van der Waals surface area contributed by atoms with Crippen molar-refractivity contribution in [1.82, 2.24) is 5.32 Å². The SMILES string of the molecule is CCNC(CC1CC1)C(C)C. The fourth-order valence-corrected chi connectivity index (χ4v) is 1.57. The molecule has 0 bridgehead atoms. The Labute approximate surface area is 70.6 Å². The maximum absolute atomic E-state index is 3.55. The van der Waals surface area contributed by atoms with Crippen LogP contribution in [0.1, 0.15) is 40.0 Å². The van der Waals surface area contributed by atoms with Gasteiger partial charge in [0.15, 0.2) is 0 Å². The molecule has 1 fully saturated rings. The van der Waals surface area contributed by atoms with Crippen LogP contribution in [0, 0.1) is 11.8 Å². The average Bonchev–Trinajstić information content (AvgIpc) is 2.70. The zero-order valence-corrected chi connectivity index (χ0v) is 8.06. The predicted octanol–water partition coefficient (Wildman–Crippen LogP) is 2.42. The van der Waals surface area contributed by atoms with Crippen LogP contribution in [0.15, 0.2) is 0 Å². The van der Waals surface area contributed by atoms with Crippen LogP contribution in [0.25, 0.3) is 0 Å². The molecule has 1 heteroatoms. The molecule has 0 radical (unpaired) electrons. The second-order valence-corrected chi connectivity index (χ2v) is 4.09. The topological polar surface area (TPSA) is 12.0 Å². The second-order valence-electron chi connectivity index (χ2n) is 4.09. The van der Waals surface area contributed by atoms with E-state index in [1.54, 1.807) is 0 Å². The molecule has 1 saturated carbocycles. The third-order valence-electron chi connectivity index (χ3n) is 2.56. The van der Waals surface area contributed by atoms with Crippen molar-refractivity contribution in [2.24, 2.45) is 11.8 Å². The van der Waals surface area contributed by atoms with Gasteiger partial charge in [-0.25, -0.2) is 0 Å². The predicted molar refractivity (Wildman–Crippen MR) is 49.6 cm³/mol. The van der Waals surface area contributed by atoms with Crippen molar-refractivity contribution in [1.29, 1.82) is 0 Å². The van der Waals surface area contributed by atoms with Crippen LogP contribution >= 0.6 is 0 Å². The smallest absolute Gasteiger partial charge is 0.00925 e. The van der Waals surface area contributed by atoms with Gasteiger partial charge in [-0.15, -0.1) is 0 Å². The molecular weight excluding hydrogens is 134 g/mol. The van der Waals surface area contributed by atoms with Gasteiger partial charge >= 0.3 is 0 Å². The Balaban J connectivity index is 2.19. The largest absolute Gasteiger partial charge is 0.314 e. The molecule has 1 rings (SSSR count). The molecular formula is C10H21N. The molecule has 66 valence electrons. The lowest BCUT2D eigenvalue weighted by Gasteiger charge is -2.21. The molecule has 0 heterocycles. The van der Waals surface area contributed by atoms with Gasteiger partial charge in [-0.2, -0.15) is 0 Å². The Morgan fingerprint density at radius 3 is 2.36 bits per heavy atom. The molecule has 0 amide bonds. The molecule has 1 N–H and O–H groups in total. The standard InChI is InChI=1S/C10H21N/c1-4-11-10(8(2)3)7-9-5-6-9/h8-11H,4-7H2,1-3H3. The van der Waals surface area contributed by atoms with E-state index in [1.165, 1.54) is 19.3 Å². The first-order chi connectivity index (χ1) is 5.24. The van der Waals surface area contributed by atoms with Gasteiger partial charge in [0.1, 0.15) is 0 Å². The Morgan fingerprint density at radius 1 is 1.36 bits per heavy atom. The third kappa shape index (κ3) is 3.24. The van der Waals surface area contributed by atoms with Crippen LogP contribution < -0.4 is 5.32 Å². The van der Waals surface area contributed by atoms with E-state index in [1.807, 2.05) is 0 Å². The van der Waals surface area contributed by atoms with Crippen molar-refractivity contribution in [3.05, 3.63) is 0 Å². The van der Waals surface area contributed by atoms with Gasteiger partial charge in [-0.1, -0.05) is 33.6 Å². The summed E-state index contributed by atoms with van der Waals surface area (Å²) in [4.78, 5) is 0. The minimum Gasteiger partial charge on any atom is -0.314 e. The van der Waals surface area contributed by atoms with Crippen LogP contribution in [0.5, 0.6) is 0 Å². The molecule has 0 aromatic rings. The lowest BCUT2D eigenvalue weighted by molar-refractivity contribution is 0.369. The Bertz CT molecular complexity index is 105. The first-order valence-corrected chi connectivity index (χ1v) is 4.97. The summed E-state index contributed by atoms with van der Waals surface area (Å²) in [5.41, 5.74) is 0. The van der Waals surface area contributed by atoms with Gasteiger partial charge in [0, 0.05) is 6.04 Å². The van der Waals surface area contributed by atoms with Crippen molar-refractivity contribution in [3.8, 4) is 0 Å². The normalized spacial score (nSPS) is 20.7. The molecule has 0 aromatic heterocycles. The van der Waals surface area contributed by atoms with E-state index < -0.39 is 0 Å². The molecule has 11 heavy (non-hydrogen) atoms. The fourth-order valence-electron chi connectivity index (χ4n) is 1.57. The Hall–Kier alpha value is -0.0400. The summed E-state index contributed by atoms with van der Waals surface area (Å²) in [5, 5.41) is 3.55. The van der Waals surface area contributed by atoms with Gasteiger partial charge in [0.05, 0.1) is 0 Å². The van der Waals surface area contributed by atoms with Crippen LogP contribution in [0.4, 0.5) is 0 Å². The fraction of sp³-hybridized carbons (Fsp3) is 1.00. The molecule has 0 aliphatic heterocycles.